The molecule has 10 heteroatoms. The van der Waals surface area contributed by atoms with Crippen LogP contribution in [0.3, 0.4) is 0 Å². The van der Waals surface area contributed by atoms with Gasteiger partial charge in [-0.05, 0) is 43.8 Å². The molecule has 0 unspecified atom stereocenters. The van der Waals surface area contributed by atoms with Gasteiger partial charge in [-0.25, -0.2) is 14.5 Å². The zero-order chi connectivity index (χ0) is 23.7. The molecule has 5 rings (SSSR count). The van der Waals surface area contributed by atoms with Gasteiger partial charge in [0.05, 0.1) is 25.1 Å². The van der Waals surface area contributed by atoms with Gasteiger partial charge in [-0.1, -0.05) is 13.8 Å². The Hall–Kier alpha value is -2.82. The molecular weight excluding hydrogens is 450 g/mol. The van der Waals surface area contributed by atoms with Gasteiger partial charge in [0, 0.05) is 42.1 Å². The summed E-state index contributed by atoms with van der Waals surface area (Å²) < 4.78 is 12.5. The molecule has 0 aliphatic carbocycles. The van der Waals surface area contributed by atoms with Gasteiger partial charge in [0.1, 0.15) is 11.3 Å². The number of likely N-dealkylation sites (tertiary alicyclic amines) is 1. The SMILES string of the molecule is COCCN1CCC(c2cnc(-c3[nH]nc(-c4cc(OC)c5ncnn5c4)c3C(C)C)s2)CC1. The summed E-state index contributed by atoms with van der Waals surface area (Å²) in [6.07, 6.45) is 7.86. The highest BCUT2D eigenvalue weighted by atomic mass is 32.1. The lowest BCUT2D eigenvalue weighted by Gasteiger charge is -2.31. The summed E-state index contributed by atoms with van der Waals surface area (Å²) in [4.78, 5) is 12.9. The van der Waals surface area contributed by atoms with Gasteiger partial charge >= 0.3 is 0 Å². The minimum atomic E-state index is 0.262. The number of methoxy groups -OCH3 is 2. The number of pyridine rings is 1. The van der Waals surface area contributed by atoms with Crippen LogP contribution in [-0.2, 0) is 4.74 Å². The van der Waals surface area contributed by atoms with Crippen molar-refractivity contribution in [3.8, 4) is 27.7 Å². The highest BCUT2D eigenvalue weighted by Crippen LogP contribution is 2.40. The van der Waals surface area contributed by atoms with Crippen molar-refractivity contribution in [1.82, 2.24) is 34.7 Å². The third-order valence-electron chi connectivity index (χ3n) is 6.56. The summed E-state index contributed by atoms with van der Waals surface area (Å²) in [5.41, 5.74) is 4.66. The van der Waals surface area contributed by atoms with Crippen LogP contribution >= 0.6 is 11.3 Å². The molecule has 0 atom stereocenters. The zero-order valence-corrected chi connectivity index (χ0v) is 20.9. The van der Waals surface area contributed by atoms with Crippen LogP contribution in [0.25, 0.3) is 27.6 Å². The van der Waals surface area contributed by atoms with Crippen molar-refractivity contribution in [3.05, 3.63) is 35.2 Å². The second-order valence-corrected chi connectivity index (χ2v) is 10.1. The van der Waals surface area contributed by atoms with Crippen molar-refractivity contribution in [2.24, 2.45) is 0 Å². The van der Waals surface area contributed by atoms with Crippen LogP contribution < -0.4 is 4.74 Å². The van der Waals surface area contributed by atoms with E-state index in [-0.39, 0.29) is 5.92 Å². The van der Waals surface area contributed by atoms with E-state index in [1.165, 1.54) is 11.2 Å². The van der Waals surface area contributed by atoms with Gasteiger partial charge in [0.25, 0.3) is 0 Å². The molecule has 9 nitrogen and oxygen atoms in total. The van der Waals surface area contributed by atoms with Crippen LogP contribution in [0, 0.1) is 0 Å². The number of hydrogen-bond donors (Lipinski definition) is 1. The molecule has 1 N–H and O–H groups in total. The van der Waals surface area contributed by atoms with Crippen molar-refractivity contribution < 1.29 is 9.47 Å². The topological polar surface area (TPSA) is 93.5 Å². The predicted molar refractivity (Wildman–Crippen MR) is 133 cm³/mol. The average molecular weight is 482 g/mol. The van der Waals surface area contributed by atoms with Crippen molar-refractivity contribution in [2.75, 3.05) is 40.5 Å². The minimum Gasteiger partial charge on any atom is -0.493 e. The summed E-state index contributed by atoms with van der Waals surface area (Å²) in [6, 6.07) is 1.97. The second-order valence-electron chi connectivity index (χ2n) is 9.02. The summed E-state index contributed by atoms with van der Waals surface area (Å²) in [6.45, 7) is 8.40. The number of hydrogen-bond acceptors (Lipinski definition) is 8. The molecule has 1 saturated heterocycles. The number of rotatable bonds is 8. The largest absolute Gasteiger partial charge is 0.493 e. The molecule has 0 amide bonds. The number of ether oxygens (including phenoxy) is 2. The molecule has 0 aromatic carbocycles. The summed E-state index contributed by atoms with van der Waals surface area (Å²) >= 11 is 1.79. The maximum absolute atomic E-state index is 5.56. The molecule has 180 valence electrons. The highest BCUT2D eigenvalue weighted by molar-refractivity contribution is 7.15. The first-order valence-electron chi connectivity index (χ1n) is 11.7. The molecule has 4 aromatic heterocycles. The van der Waals surface area contributed by atoms with Gasteiger partial charge in [-0.15, -0.1) is 11.3 Å². The first kappa shape index (κ1) is 22.9. The Morgan fingerprint density at radius 1 is 1.21 bits per heavy atom. The summed E-state index contributed by atoms with van der Waals surface area (Å²) in [5, 5.41) is 13.3. The monoisotopic (exact) mass is 481 g/mol. The van der Waals surface area contributed by atoms with Gasteiger partial charge in [0.15, 0.2) is 11.4 Å². The average Bonchev–Trinajstić information content (AvgIpc) is 3.61. The minimum absolute atomic E-state index is 0.262. The van der Waals surface area contributed by atoms with Gasteiger partial charge < -0.3 is 14.4 Å². The van der Waals surface area contributed by atoms with E-state index in [0.717, 1.165) is 66.6 Å². The predicted octanol–water partition coefficient (Wildman–Crippen LogP) is 4.20. The molecule has 4 aromatic rings. The van der Waals surface area contributed by atoms with Crippen LogP contribution in [0.5, 0.6) is 5.75 Å². The molecule has 5 heterocycles. The van der Waals surface area contributed by atoms with Crippen molar-refractivity contribution in [3.63, 3.8) is 0 Å². The lowest BCUT2D eigenvalue weighted by molar-refractivity contribution is 0.130. The Morgan fingerprint density at radius 2 is 2.03 bits per heavy atom. The highest BCUT2D eigenvalue weighted by Gasteiger charge is 2.25. The Balaban J connectivity index is 1.43. The van der Waals surface area contributed by atoms with E-state index >= 15 is 0 Å². The smallest absolute Gasteiger partial charge is 0.197 e. The maximum atomic E-state index is 5.56. The Labute approximate surface area is 203 Å². The Morgan fingerprint density at radius 3 is 2.76 bits per heavy atom. The van der Waals surface area contributed by atoms with E-state index in [2.05, 4.69) is 40.1 Å². The molecule has 0 saturated carbocycles. The van der Waals surface area contributed by atoms with E-state index in [0.29, 0.717) is 17.3 Å². The fourth-order valence-electron chi connectivity index (χ4n) is 4.72. The van der Waals surface area contributed by atoms with E-state index in [1.54, 1.807) is 30.1 Å². The van der Waals surface area contributed by atoms with Crippen LogP contribution in [0.15, 0.2) is 24.8 Å². The van der Waals surface area contributed by atoms with E-state index < -0.39 is 0 Å². The van der Waals surface area contributed by atoms with Gasteiger partial charge in [-0.3, -0.25) is 5.10 Å². The molecule has 1 aliphatic heterocycles. The molecule has 34 heavy (non-hydrogen) atoms. The standard InChI is InChI=1S/C24H31N7O2S/c1-15(2)20-21(17-11-18(33-4)23-26-14-27-31(23)13-17)28-29-22(20)24-25-12-19(34-24)16-5-7-30(8-6-16)9-10-32-3/h11-16H,5-10H2,1-4H3,(H,28,29). The molecule has 1 aliphatic rings. The van der Waals surface area contributed by atoms with Crippen molar-refractivity contribution >= 4 is 17.0 Å². The van der Waals surface area contributed by atoms with E-state index in [1.807, 2.05) is 12.3 Å². The van der Waals surface area contributed by atoms with Crippen LogP contribution in [-0.4, -0.2) is 75.1 Å². The fraction of sp³-hybridized carbons (Fsp3) is 0.500. The number of H-pyrrole nitrogens is 1. The number of aromatic nitrogens is 6. The number of thiazole rings is 1. The number of nitrogens with one attached hydrogen (secondary N) is 1. The number of nitrogens with zero attached hydrogens (tertiary/aromatic N) is 6. The first-order valence-corrected chi connectivity index (χ1v) is 12.5. The Bertz CT molecular complexity index is 1250. The fourth-order valence-corrected chi connectivity index (χ4v) is 5.82. The van der Waals surface area contributed by atoms with E-state index in [9.17, 15) is 0 Å². The number of piperidine rings is 1. The van der Waals surface area contributed by atoms with Crippen LogP contribution in [0.2, 0.25) is 0 Å². The molecule has 0 bridgehead atoms. The quantitative estimate of drug-likeness (QED) is 0.403. The third kappa shape index (κ3) is 4.33. The van der Waals surface area contributed by atoms with Gasteiger partial charge in [-0.2, -0.15) is 10.2 Å². The first-order chi connectivity index (χ1) is 16.6. The maximum Gasteiger partial charge on any atom is 0.197 e. The second kappa shape index (κ2) is 9.81. The molecule has 1 fully saturated rings. The number of fused-ring (bicyclic) bond motifs is 1. The third-order valence-corrected chi connectivity index (χ3v) is 7.73. The lowest BCUT2D eigenvalue weighted by atomic mass is 9.96. The molecule has 0 radical (unpaired) electrons. The summed E-state index contributed by atoms with van der Waals surface area (Å²) in [5.74, 6) is 1.49. The van der Waals surface area contributed by atoms with E-state index in [4.69, 9.17) is 19.6 Å². The number of aromatic amines is 1. The van der Waals surface area contributed by atoms with Crippen LogP contribution in [0.4, 0.5) is 0 Å². The molecular formula is C24H31N7O2S. The molecule has 0 spiro atoms. The summed E-state index contributed by atoms with van der Waals surface area (Å²) in [7, 11) is 3.41. The van der Waals surface area contributed by atoms with Crippen molar-refractivity contribution in [1.29, 1.82) is 0 Å². The lowest BCUT2D eigenvalue weighted by Crippen LogP contribution is -2.35. The zero-order valence-electron chi connectivity index (χ0n) is 20.1. The van der Waals surface area contributed by atoms with Crippen molar-refractivity contribution in [2.45, 2.75) is 38.5 Å². The normalized spacial score (nSPS) is 15.6. The van der Waals surface area contributed by atoms with Gasteiger partial charge in [0.2, 0.25) is 0 Å². The van der Waals surface area contributed by atoms with Crippen LogP contribution in [0.1, 0.15) is 49.0 Å². The Kier molecular flexibility index (Phi) is 6.62.